The summed E-state index contributed by atoms with van der Waals surface area (Å²) < 4.78 is 5.07. The summed E-state index contributed by atoms with van der Waals surface area (Å²) in [6.45, 7) is 2.41. The van der Waals surface area contributed by atoms with E-state index in [0.29, 0.717) is 17.9 Å². The van der Waals surface area contributed by atoms with E-state index in [9.17, 15) is 0 Å². The molecule has 0 radical (unpaired) electrons. The van der Waals surface area contributed by atoms with Crippen LogP contribution in [0.25, 0.3) is 0 Å². The number of ether oxygens (including phenoxy) is 1. The molecular weight excluding hydrogens is 157 g/mol. The molecule has 1 aromatic rings. The van der Waals surface area contributed by atoms with Crippen molar-refractivity contribution in [2.75, 3.05) is 6.61 Å². The van der Waals surface area contributed by atoms with Gasteiger partial charge in [0, 0.05) is 11.7 Å². The van der Waals surface area contributed by atoms with Gasteiger partial charge < -0.3 is 14.8 Å². The predicted molar refractivity (Wildman–Crippen MR) is 45.2 cm³/mol. The van der Waals surface area contributed by atoms with Gasteiger partial charge in [-0.2, -0.15) is 0 Å². The van der Waals surface area contributed by atoms with E-state index in [2.05, 4.69) is 4.98 Å². The van der Waals surface area contributed by atoms with Crippen LogP contribution >= 0.6 is 0 Å². The largest absolute Gasteiger partial charge is 0.490 e. The Morgan fingerprint density at radius 3 is 2.67 bits per heavy atom. The Labute approximate surface area is 71.0 Å². The van der Waals surface area contributed by atoms with Crippen molar-refractivity contribution in [3.05, 3.63) is 18.3 Å². The molecule has 12 heavy (non-hydrogen) atoms. The van der Waals surface area contributed by atoms with Gasteiger partial charge in [-0.25, -0.2) is 4.98 Å². The van der Waals surface area contributed by atoms with Gasteiger partial charge in [0.25, 0.3) is 0 Å². The molecule has 0 aliphatic heterocycles. The topological polar surface area (TPSA) is 62.6 Å². The summed E-state index contributed by atoms with van der Waals surface area (Å²) in [7, 11) is -1.46. The molecule has 1 heterocycles. The van der Waals surface area contributed by atoms with Gasteiger partial charge in [-0.15, -0.1) is 0 Å². The van der Waals surface area contributed by atoms with E-state index in [-0.39, 0.29) is 0 Å². The summed E-state index contributed by atoms with van der Waals surface area (Å²) in [5.74, 6) is 0.488. The van der Waals surface area contributed by atoms with Gasteiger partial charge in [-0.1, -0.05) is 6.07 Å². The molecule has 0 atom stereocenters. The Morgan fingerprint density at radius 2 is 2.25 bits per heavy atom. The van der Waals surface area contributed by atoms with Crippen molar-refractivity contribution < 1.29 is 14.8 Å². The SMILES string of the molecule is CCOc1ccc(B(O)O)cn1. The fourth-order valence-electron chi connectivity index (χ4n) is 0.778. The van der Waals surface area contributed by atoms with Crippen LogP contribution in [0.5, 0.6) is 5.88 Å². The first kappa shape index (κ1) is 9.03. The highest BCUT2D eigenvalue weighted by Gasteiger charge is 2.10. The number of rotatable bonds is 3. The standard InChI is InChI=1S/C7H10BNO3/c1-2-12-7-4-3-6(5-9-7)8(10)11/h3-5,10-11H,2H2,1H3. The van der Waals surface area contributed by atoms with E-state index in [1.807, 2.05) is 6.92 Å². The maximum Gasteiger partial charge on any atom is 0.490 e. The second kappa shape index (κ2) is 4.08. The highest BCUT2D eigenvalue weighted by molar-refractivity contribution is 6.58. The first-order valence-corrected chi connectivity index (χ1v) is 3.69. The maximum atomic E-state index is 8.72. The van der Waals surface area contributed by atoms with Crippen LogP contribution in [0.15, 0.2) is 18.3 Å². The van der Waals surface area contributed by atoms with Crippen LogP contribution in [0, 0.1) is 0 Å². The lowest BCUT2D eigenvalue weighted by Gasteiger charge is -2.02. The van der Waals surface area contributed by atoms with Crippen LogP contribution in [-0.2, 0) is 0 Å². The summed E-state index contributed by atoms with van der Waals surface area (Å²) >= 11 is 0. The third-order valence-corrected chi connectivity index (χ3v) is 1.35. The van der Waals surface area contributed by atoms with Crippen molar-refractivity contribution in [2.45, 2.75) is 6.92 Å². The molecule has 1 rings (SSSR count). The van der Waals surface area contributed by atoms with Crippen LogP contribution in [0.1, 0.15) is 6.92 Å². The smallest absolute Gasteiger partial charge is 0.478 e. The molecule has 0 amide bonds. The summed E-state index contributed by atoms with van der Waals surface area (Å²) in [6, 6.07) is 3.15. The number of aromatic nitrogens is 1. The van der Waals surface area contributed by atoms with Gasteiger partial charge in [0.1, 0.15) is 0 Å². The van der Waals surface area contributed by atoms with Crippen LogP contribution in [-0.4, -0.2) is 28.8 Å². The zero-order valence-electron chi connectivity index (χ0n) is 6.77. The average molecular weight is 167 g/mol. The molecule has 2 N–H and O–H groups in total. The van der Waals surface area contributed by atoms with Gasteiger partial charge >= 0.3 is 7.12 Å². The van der Waals surface area contributed by atoms with Crippen LogP contribution in [0.3, 0.4) is 0 Å². The third-order valence-electron chi connectivity index (χ3n) is 1.35. The molecule has 0 aromatic carbocycles. The van der Waals surface area contributed by atoms with Crippen molar-refractivity contribution in [1.82, 2.24) is 4.98 Å². The zero-order chi connectivity index (χ0) is 8.97. The quantitative estimate of drug-likeness (QED) is 0.576. The number of nitrogens with zero attached hydrogens (tertiary/aromatic N) is 1. The summed E-state index contributed by atoms with van der Waals surface area (Å²) in [6.07, 6.45) is 1.37. The van der Waals surface area contributed by atoms with Gasteiger partial charge in [0.05, 0.1) is 6.61 Å². The van der Waals surface area contributed by atoms with Crippen molar-refractivity contribution in [2.24, 2.45) is 0 Å². The van der Waals surface area contributed by atoms with Gasteiger partial charge in [-0.05, 0) is 13.0 Å². The molecule has 0 unspecified atom stereocenters. The van der Waals surface area contributed by atoms with Gasteiger partial charge in [-0.3, -0.25) is 0 Å². The van der Waals surface area contributed by atoms with E-state index in [4.69, 9.17) is 14.8 Å². The molecule has 5 heteroatoms. The normalized spacial score (nSPS) is 9.58. The first-order valence-electron chi connectivity index (χ1n) is 3.69. The lowest BCUT2D eigenvalue weighted by atomic mass is 9.82. The summed E-state index contributed by atoms with van der Waals surface area (Å²) in [4.78, 5) is 3.85. The van der Waals surface area contributed by atoms with Crippen LogP contribution < -0.4 is 10.2 Å². The Hall–Kier alpha value is -1.07. The molecule has 0 fully saturated rings. The Bertz CT molecular complexity index is 237. The minimum absolute atomic E-state index is 0.360. The van der Waals surface area contributed by atoms with E-state index >= 15 is 0 Å². The second-order valence-corrected chi connectivity index (χ2v) is 2.24. The Balaban J connectivity index is 2.71. The molecular formula is C7H10BNO3. The maximum absolute atomic E-state index is 8.72. The first-order chi connectivity index (χ1) is 5.74. The fourth-order valence-corrected chi connectivity index (χ4v) is 0.778. The van der Waals surface area contributed by atoms with Crippen molar-refractivity contribution in [3.63, 3.8) is 0 Å². The van der Waals surface area contributed by atoms with E-state index in [1.165, 1.54) is 6.20 Å². The molecule has 0 saturated carbocycles. The molecule has 0 bridgehead atoms. The Kier molecular flexibility index (Phi) is 3.07. The van der Waals surface area contributed by atoms with Crippen molar-refractivity contribution >= 4 is 12.6 Å². The minimum Gasteiger partial charge on any atom is -0.478 e. The number of hydrogen-bond donors (Lipinski definition) is 2. The summed E-state index contributed by atoms with van der Waals surface area (Å²) in [5, 5.41) is 17.4. The second-order valence-electron chi connectivity index (χ2n) is 2.24. The fraction of sp³-hybridized carbons (Fsp3) is 0.286. The van der Waals surface area contributed by atoms with E-state index in [1.54, 1.807) is 12.1 Å². The molecule has 0 aliphatic rings. The van der Waals surface area contributed by atoms with Gasteiger partial charge in [0.15, 0.2) is 0 Å². The molecule has 0 saturated heterocycles. The highest BCUT2D eigenvalue weighted by atomic mass is 16.5. The average Bonchev–Trinajstić information content (AvgIpc) is 2.06. The van der Waals surface area contributed by atoms with Crippen LogP contribution in [0.2, 0.25) is 0 Å². The molecule has 64 valence electrons. The van der Waals surface area contributed by atoms with Gasteiger partial charge in [0.2, 0.25) is 5.88 Å². The predicted octanol–water partition coefficient (Wildman–Crippen LogP) is -0.840. The van der Waals surface area contributed by atoms with Crippen LogP contribution in [0.4, 0.5) is 0 Å². The Morgan fingerprint density at radius 1 is 1.50 bits per heavy atom. The lowest BCUT2D eigenvalue weighted by molar-refractivity contribution is 0.327. The molecule has 4 nitrogen and oxygen atoms in total. The minimum atomic E-state index is -1.46. The van der Waals surface area contributed by atoms with E-state index < -0.39 is 7.12 Å². The number of hydrogen-bond acceptors (Lipinski definition) is 4. The van der Waals surface area contributed by atoms with Crippen molar-refractivity contribution in [3.8, 4) is 5.88 Å². The number of pyridine rings is 1. The molecule has 1 aromatic heterocycles. The lowest BCUT2D eigenvalue weighted by Crippen LogP contribution is -2.29. The molecule has 0 spiro atoms. The highest BCUT2D eigenvalue weighted by Crippen LogP contribution is 2.01. The monoisotopic (exact) mass is 167 g/mol. The van der Waals surface area contributed by atoms with E-state index in [0.717, 1.165) is 0 Å². The third kappa shape index (κ3) is 2.22. The van der Waals surface area contributed by atoms with Crippen molar-refractivity contribution in [1.29, 1.82) is 0 Å². The molecule has 0 aliphatic carbocycles. The summed E-state index contributed by atoms with van der Waals surface area (Å²) in [5.41, 5.74) is 0.360. The zero-order valence-corrected chi connectivity index (χ0v) is 6.77.